The van der Waals surface area contributed by atoms with Crippen molar-refractivity contribution in [1.82, 2.24) is 5.32 Å². The highest BCUT2D eigenvalue weighted by molar-refractivity contribution is 5.77. The van der Waals surface area contributed by atoms with Crippen molar-refractivity contribution in [3.63, 3.8) is 0 Å². The zero-order chi connectivity index (χ0) is 12.3. The lowest BCUT2D eigenvalue weighted by Gasteiger charge is -2.30. The van der Waals surface area contributed by atoms with Crippen molar-refractivity contribution >= 4 is 5.91 Å². The van der Waals surface area contributed by atoms with Crippen LogP contribution in [-0.2, 0) is 9.53 Å². The largest absolute Gasteiger partial charge is 0.379 e. The van der Waals surface area contributed by atoms with Crippen molar-refractivity contribution < 1.29 is 9.53 Å². The standard InChI is InChI=1S/C13H24N2O2/c1-13(6-7-17-9-13)15-12(16)8-10-4-2-3-5-11(10)14/h10-11H,2-9,14H2,1H3,(H,15,16). The summed E-state index contributed by atoms with van der Waals surface area (Å²) in [7, 11) is 0. The van der Waals surface area contributed by atoms with E-state index in [1.807, 2.05) is 0 Å². The van der Waals surface area contributed by atoms with Gasteiger partial charge in [-0.1, -0.05) is 12.8 Å². The first-order valence-corrected chi connectivity index (χ1v) is 6.73. The van der Waals surface area contributed by atoms with Crippen LogP contribution < -0.4 is 11.1 Å². The second-order valence-electron chi connectivity index (χ2n) is 5.82. The van der Waals surface area contributed by atoms with Gasteiger partial charge in [0.2, 0.25) is 5.91 Å². The van der Waals surface area contributed by atoms with Gasteiger partial charge in [0.05, 0.1) is 12.1 Å². The van der Waals surface area contributed by atoms with E-state index in [-0.39, 0.29) is 17.5 Å². The summed E-state index contributed by atoms with van der Waals surface area (Å²) in [5.74, 6) is 0.509. The molecule has 0 radical (unpaired) electrons. The summed E-state index contributed by atoms with van der Waals surface area (Å²) in [5.41, 5.74) is 5.91. The highest BCUT2D eigenvalue weighted by Crippen LogP contribution is 2.26. The van der Waals surface area contributed by atoms with E-state index in [9.17, 15) is 4.79 Å². The molecule has 2 rings (SSSR count). The molecule has 3 unspecified atom stereocenters. The molecule has 0 bridgehead atoms. The summed E-state index contributed by atoms with van der Waals surface area (Å²) in [5, 5.41) is 3.10. The van der Waals surface area contributed by atoms with E-state index in [1.165, 1.54) is 12.8 Å². The minimum Gasteiger partial charge on any atom is -0.379 e. The minimum atomic E-state index is -0.157. The summed E-state index contributed by atoms with van der Waals surface area (Å²) in [6, 6.07) is 0.210. The van der Waals surface area contributed by atoms with Crippen molar-refractivity contribution in [2.75, 3.05) is 13.2 Å². The molecule has 1 amide bonds. The Labute approximate surface area is 103 Å². The van der Waals surface area contributed by atoms with Gasteiger partial charge in [-0.15, -0.1) is 0 Å². The lowest BCUT2D eigenvalue weighted by atomic mass is 9.82. The minimum absolute atomic E-state index is 0.139. The fourth-order valence-corrected chi connectivity index (χ4v) is 2.88. The maximum atomic E-state index is 12.0. The van der Waals surface area contributed by atoms with Crippen molar-refractivity contribution in [2.45, 2.75) is 57.0 Å². The van der Waals surface area contributed by atoms with E-state index >= 15 is 0 Å². The van der Waals surface area contributed by atoms with E-state index in [1.54, 1.807) is 0 Å². The van der Waals surface area contributed by atoms with Gasteiger partial charge in [-0.3, -0.25) is 4.79 Å². The number of amides is 1. The first-order chi connectivity index (χ1) is 8.09. The van der Waals surface area contributed by atoms with E-state index in [2.05, 4.69) is 12.2 Å². The molecule has 1 aliphatic carbocycles. The molecular formula is C13H24N2O2. The van der Waals surface area contributed by atoms with Crippen LogP contribution in [0.5, 0.6) is 0 Å². The van der Waals surface area contributed by atoms with Crippen molar-refractivity contribution in [2.24, 2.45) is 11.7 Å². The second-order valence-corrected chi connectivity index (χ2v) is 5.82. The highest BCUT2D eigenvalue weighted by Gasteiger charge is 2.32. The van der Waals surface area contributed by atoms with Crippen molar-refractivity contribution in [1.29, 1.82) is 0 Å². The summed E-state index contributed by atoms with van der Waals surface area (Å²) in [6.07, 6.45) is 6.09. The van der Waals surface area contributed by atoms with E-state index in [0.717, 1.165) is 25.9 Å². The Morgan fingerprint density at radius 1 is 1.47 bits per heavy atom. The topological polar surface area (TPSA) is 64.4 Å². The van der Waals surface area contributed by atoms with Gasteiger partial charge in [-0.2, -0.15) is 0 Å². The third-order valence-electron chi connectivity index (χ3n) is 4.08. The predicted molar refractivity (Wildman–Crippen MR) is 66.5 cm³/mol. The van der Waals surface area contributed by atoms with Crippen LogP contribution in [0.2, 0.25) is 0 Å². The molecule has 0 aromatic rings. The van der Waals surface area contributed by atoms with E-state index < -0.39 is 0 Å². The molecule has 0 aromatic carbocycles. The Balaban J connectivity index is 1.80. The van der Waals surface area contributed by atoms with Crippen LogP contribution in [0, 0.1) is 5.92 Å². The number of carbonyl (C=O) groups is 1. The van der Waals surface area contributed by atoms with Gasteiger partial charge in [0.15, 0.2) is 0 Å². The molecule has 0 spiro atoms. The van der Waals surface area contributed by atoms with Gasteiger partial charge in [0, 0.05) is 19.1 Å². The van der Waals surface area contributed by atoms with Crippen LogP contribution in [0.1, 0.15) is 45.4 Å². The van der Waals surface area contributed by atoms with Crippen LogP contribution in [0.15, 0.2) is 0 Å². The molecule has 98 valence electrons. The van der Waals surface area contributed by atoms with Gasteiger partial charge >= 0.3 is 0 Å². The van der Waals surface area contributed by atoms with Crippen LogP contribution >= 0.6 is 0 Å². The van der Waals surface area contributed by atoms with Crippen molar-refractivity contribution in [3.8, 4) is 0 Å². The van der Waals surface area contributed by atoms with Crippen molar-refractivity contribution in [3.05, 3.63) is 0 Å². The third kappa shape index (κ3) is 3.42. The number of nitrogens with two attached hydrogens (primary N) is 1. The first-order valence-electron chi connectivity index (χ1n) is 6.73. The normalized spacial score (nSPS) is 38.0. The molecule has 1 heterocycles. The number of ether oxygens (including phenoxy) is 1. The first kappa shape index (κ1) is 12.8. The Hall–Kier alpha value is -0.610. The molecule has 3 N–H and O–H groups in total. The number of hydrogen-bond donors (Lipinski definition) is 2. The number of hydrogen-bond acceptors (Lipinski definition) is 3. The molecule has 0 aromatic heterocycles. The van der Waals surface area contributed by atoms with Crippen LogP contribution in [-0.4, -0.2) is 30.7 Å². The molecule has 2 aliphatic rings. The van der Waals surface area contributed by atoms with Gasteiger partial charge in [0.1, 0.15) is 0 Å². The lowest BCUT2D eigenvalue weighted by molar-refractivity contribution is -0.124. The summed E-state index contributed by atoms with van der Waals surface area (Å²) in [4.78, 5) is 12.0. The lowest BCUT2D eigenvalue weighted by Crippen LogP contribution is -2.48. The Bertz CT molecular complexity index is 275. The molecule has 17 heavy (non-hydrogen) atoms. The molecule has 1 saturated carbocycles. The number of rotatable bonds is 3. The Morgan fingerprint density at radius 3 is 2.88 bits per heavy atom. The highest BCUT2D eigenvalue weighted by atomic mass is 16.5. The maximum Gasteiger partial charge on any atom is 0.220 e. The zero-order valence-corrected chi connectivity index (χ0v) is 10.7. The van der Waals surface area contributed by atoms with Gasteiger partial charge in [-0.25, -0.2) is 0 Å². The summed E-state index contributed by atoms with van der Waals surface area (Å²) < 4.78 is 5.33. The molecule has 3 atom stereocenters. The summed E-state index contributed by atoms with van der Waals surface area (Å²) >= 11 is 0. The monoisotopic (exact) mass is 240 g/mol. The quantitative estimate of drug-likeness (QED) is 0.779. The van der Waals surface area contributed by atoms with E-state index in [4.69, 9.17) is 10.5 Å². The van der Waals surface area contributed by atoms with E-state index in [0.29, 0.717) is 18.9 Å². The smallest absolute Gasteiger partial charge is 0.220 e. The van der Waals surface area contributed by atoms with Gasteiger partial charge < -0.3 is 15.8 Å². The maximum absolute atomic E-state index is 12.0. The predicted octanol–water partition coefficient (Wildman–Crippen LogP) is 1.19. The molecular weight excluding hydrogens is 216 g/mol. The summed E-state index contributed by atoms with van der Waals surface area (Å²) in [6.45, 7) is 3.44. The third-order valence-corrected chi connectivity index (χ3v) is 4.08. The van der Waals surface area contributed by atoms with Crippen LogP contribution in [0.3, 0.4) is 0 Å². The average Bonchev–Trinajstić information content (AvgIpc) is 2.68. The SMILES string of the molecule is CC1(NC(=O)CC2CCCCC2N)CCOC1. The fourth-order valence-electron chi connectivity index (χ4n) is 2.88. The van der Waals surface area contributed by atoms with Gasteiger partial charge in [0.25, 0.3) is 0 Å². The van der Waals surface area contributed by atoms with Gasteiger partial charge in [-0.05, 0) is 32.1 Å². The Kier molecular flexibility index (Phi) is 4.05. The fraction of sp³-hybridized carbons (Fsp3) is 0.923. The molecule has 1 aliphatic heterocycles. The number of nitrogens with one attached hydrogen (secondary N) is 1. The molecule has 1 saturated heterocycles. The average molecular weight is 240 g/mol. The molecule has 4 heteroatoms. The zero-order valence-electron chi connectivity index (χ0n) is 10.7. The second kappa shape index (κ2) is 5.36. The van der Waals surface area contributed by atoms with Crippen LogP contribution in [0.4, 0.5) is 0 Å². The molecule has 2 fully saturated rings. The molecule has 4 nitrogen and oxygen atoms in total. The van der Waals surface area contributed by atoms with Crippen LogP contribution in [0.25, 0.3) is 0 Å². The number of carbonyl (C=O) groups excluding carboxylic acids is 1. The Morgan fingerprint density at radius 2 is 2.24 bits per heavy atom.